The molecule has 3 heterocycles. The van der Waals surface area contributed by atoms with E-state index in [1.54, 1.807) is 36.8 Å². The molecule has 0 radical (unpaired) electrons. The smallest absolute Gasteiger partial charge is 0.420 e. The Morgan fingerprint density at radius 1 is 1.12 bits per heavy atom. The number of hydrogen-bond acceptors (Lipinski definition) is 6. The SMILES string of the molecule is N#Cc1ccncc1-c1cc(CNc2ccc(OC(F)(F)Cl)cc2)cnc1N1CCCC1. The van der Waals surface area contributed by atoms with Gasteiger partial charge in [0.25, 0.3) is 0 Å². The molecule has 3 aromatic rings. The van der Waals surface area contributed by atoms with Crippen molar-refractivity contribution in [1.82, 2.24) is 9.97 Å². The predicted octanol–water partition coefficient (Wildman–Crippen LogP) is 5.40. The summed E-state index contributed by atoms with van der Waals surface area (Å²) in [5.74, 6) is 0.814. The Balaban J connectivity index is 1.57. The van der Waals surface area contributed by atoms with Crippen LogP contribution in [0.3, 0.4) is 0 Å². The van der Waals surface area contributed by atoms with Gasteiger partial charge < -0.3 is 15.0 Å². The number of aromatic nitrogens is 2. The van der Waals surface area contributed by atoms with Crippen LogP contribution in [0.1, 0.15) is 24.0 Å². The molecule has 1 aromatic carbocycles. The molecule has 164 valence electrons. The normalized spacial score (nSPS) is 13.6. The van der Waals surface area contributed by atoms with E-state index in [0.717, 1.165) is 54.1 Å². The van der Waals surface area contributed by atoms with Crippen LogP contribution >= 0.6 is 11.6 Å². The Hall–Kier alpha value is -3.44. The third kappa shape index (κ3) is 5.24. The number of rotatable bonds is 7. The second-order valence-electron chi connectivity index (χ2n) is 7.37. The lowest BCUT2D eigenvalue weighted by Crippen LogP contribution is -2.20. The summed E-state index contributed by atoms with van der Waals surface area (Å²) in [6.45, 7) is 2.30. The van der Waals surface area contributed by atoms with Crippen LogP contribution in [0, 0.1) is 11.3 Å². The molecule has 0 atom stereocenters. The zero-order valence-corrected chi connectivity index (χ0v) is 17.8. The van der Waals surface area contributed by atoms with Crippen LogP contribution in [0.15, 0.2) is 55.0 Å². The van der Waals surface area contributed by atoms with Gasteiger partial charge in [-0.05, 0) is 54.8 Å². The van der Waals surface area contributed by atoms with Crippen molar-refractivity contribution in [3.8, 4) is 22.9 Å². The van der Waals surface area contributed by atoms with Crippen molar-refractivity contribution in [1.29, 1.82) is 5.26 Å². The lowest BCUT2D eigenvalue weighted by molar-refractivity contribution is -0.0964. The van der Waals surface area contributed by atoms with E-state index in [0.29, 0.717) is 12.1 Å². The number of ether oxygens (including phenoxy) is 1. The summed E-state index contributed by atoms with van der Waals surface area (Å²) in [5.41, 5.74) is 0.0309. The van der Waals surface area contributed by atoms with E-state index in [-0.39, 0.29) is 5.75 Å². The maximum absolute atomic E-state index is 12.7. The largest absolute Gasteiger partial charge is 0.487 e. The molecule has 1 N–H and O–H groups in total. The molecule has 0 spiro atoms. The summed E-state index contributed by atoms with van der Waals surface area (Å²) in [6.07, 6.45) is 7.32. The van der Waals surface area contributed by atoms with Crippen molar-refractivity contribution in [2.45, 2.75) is 25.0 Å². The molecule has 32 heavy (non-hydrogen) atoms. The van der Waals surface area contributed by atoms with Gasteiger partial charge in [0, 0.05) is 66.6 Å². The number of benzene rings is 1. The van der Waals surface area contributed by atoms with Crippen molar-refractivity contribution in [3.05, 3.63) is 66.1 Å². The van der Waals surface area contributed by atoms with Gasteiger partial charge in [-0.3, -0.25) is 4.98 Å². The van der Waals surface area contributed by atoms with E-state index >= 15 is 0 Å². The molecule has 1 aliphatic rings. The van der Waals surface area contributed by atoms with Gasteiger partial charge in [0.15, 0.2) is 0 Å². The molecule has 0 saturated carbocycles. The van der Waals surface area contributed by atoms with Crippen LogP contribution in [-0.4, -0.2) is 28.6 Å². The quantitative estimate of drug-likeness (QED) is 0.481. The zero-order valence-electron chi connectivity index (χ0n) is 17.1. The first-order chi connectivity index (χ1) is 15.4. The Labute approximate surface area is 189 Å². The fourth-order valence-corrected chi connectivity index (χ4v) is 3.75. The molecular formula is C23H20ClF2N5O. The van der Waals surface area contributed by atoms with Gasteiger partial charge in [0.05, 0.1) is 11.6 Å². The fraction of sp³-hybridized carbons (Fsp3) is 0.261. The number of hydrogen-bond donors (Lipinski definition) is 1. The molecule has 2 aromatic heterocycles. The number of nitrogens with zero attached hydrogens (tertiary/aromatic N) is 4. The highest BCUT2D eigenvalue weighted by Gasteiger charge is 2.27. The molecule has 1 aliphatic heterocycles. The molecule has 1 fully saturated rings. The second kappa shape index (κ2) is 9.37. The van der Waals surface area contributed by atoms with E-state index in [4.69, 9.17) is 16.6 Å². The minimum atomic E-state index is -3.75. The van der Waals surface area contributed by atoms with Crippen molar-refractivity contribution < 1.29 is 13.5 Å². The average molecular weight is 456 g/mol. The molecule has 9 heteroatoms. The highest BCUT2D eigenvalue weighted by atomic mass is 35.5. The molecule has 4 rings (SSSR count). The first-order valence-electron chi connectivity index (χ1n) is 10.1. The molecule has 0 bridgehead atoms. The summed E-state index contributed by atoms with van der Waals surface area (Å²) in [7, 11) is 0. The van der Waals surface area contributed by atoms with Crippen LogP contribution in [0.5, 0.6) is 5.75 Å². The van der Waals surface area contributed by atoms with E-state index in [2.05, 4.69) is 26.0 Å². The zero-order chi connectivity index (χ0) is 22.6. The van der Waals surface area contributed by atoms with Gasteiger partial charge in [0.2, 0.25) is 0 Å². The maximum Gasteiger partial charge on any atom is 0.487 e. The number of alkyl halides is 3. The molecule has 0 amide bonds. The van der Waals surface area contributed by atoms with Gasteiger partial charge in [-0.2, -0.15) is 5.26 Å². The van der Waals surface area contributed by atoms with Crippen molar-refractivity contribution in [2.24, 2.45) is 0 Å². The summed E-state index contributed by atoms with van der Waals surface area (Å²) >= 11 is 4.79. The third-order valence-corrected chi connectivity index (χ3v) is 5.22. The van der Waals surface area contributed by atoms with Gasteiger partial charge in [-0.1, -0.05) is 0 Å². The fourth-order valence-electron chi connectivity index (χ4n) is 3.66. The van der Waals surface area contributed by atoms with Crippen LogP contribution in [0.2, 0.25) is 0 Å². The molecule has 0 aliphatic carbocycles. The second-order valence-corrected chi connectivity index (χ2v) is 7.81. The van der Waals surface area contributed by atoms with Crippen LogP contribution in [0.25, 0.3) is 11.1 Å². The Morgan fingerprint density at radius 2 is 1.88 bits per heavy atom. The topological polar surface area (TPSA) is 74.1 Å². The predicted molar refractivity (Wildman–Crippen MR) is 119 cm³/mol. The first-order valence-corrected chi connectivity index (χ1v) is 10.5. The number of nitrogens with one attached hydrogen (secondary N) is 1. The molecular weight excluding hydrogens is 436 g/mol. The first kappa shape index (κ1) is 21.8. The van der Waals surface area contributed by atoms with Crippen LogP contribution in [-0.2, 0) is 6.54 Å². The minimum Gasteiger partial charge on any atom is -0.420 e. The monoisotopic (exact) mass is 455 g/mol. The molecule has 1 saturated heterocycles. The van der Waals surface area contributed by atoms with Crippen molar-refractivity contribution in [3.63, 3.8) is 0 Å². The number of anilines is 2. The van der Waals surface area contributed by atoms with Gasteiger partial charge in [0.1, 0.15) is 11.6 Å². The summed E-state index contributed by atoms with van der Waals surface area (Å²) in [6, 6.07) is 12.0. The summed E-state index contributed by atoms with van der Waals surface area (Å²) < 4.78 is 29.8. The van der Waals surface area contributed by atoms with E-state index in [1.165, 1.54) is 12.1 Å². The van der Waals surface area contributed by atoms with Gasteiger partial charge >= 0.3 is 5.57 Å². The Kier molecular flexibility index (Phi) is 6.37. The average Bonchev–Trinajstić information content (AvgIpc) is 3.32. The molecule has 6 nitrogen and oxygen atoms in total. The van der Waals surface area contributed by atoms with Crippen molar-refractivity contribution in [2.75, 3.05) is 23.3 Å². The number of nitriles is 1. The van der Waals surface area contributed by atoms with Gasteiger partial charge in [-0.25, -0.2) is 4.98 Å². The lowest BCUT2D eigenvalue weighted by atomic mass is 10.0. The van der Waals surface area contributed by atoms with Crippen molar-refractivity contribution >= 4 is 23.1 Å². The number of pyridine rings is 2. The maximum atomic E-state index is 12.7. The standard InChI is InChI=1S/C23H20ClF2N5O/c24-23(25,26)32-19-5-3-18(4-6-19)29-13-16-11-20(21-15-28-8-7-17(21)12-27)22(30-14-16)31-9-1-2-10-31/h3-8,11,14-15,29H,1-2,9-10,13H2. The Morgan fingerprint density at radius 3 is 2.56 bits per heavy atom. The van der Waals surface area contributed by atoms with E-state index in [9.17, 15) is 14.0 Å². The highest BCUT2D eigenvalue weighted by molar-refractivity contribution is 6.20. The van der Waals surface area contributed by atoms with Crippen LogP contribution in [0.4, 0.5) is 20.3 Å². The third-order valence-electron chi connectivity index (χ3n) is 5.15. The van der Waals surface area contributed by atoms with E-state index < -0.39 is 5.57 Å². The Bertz CT molecular complexity index is 1120. The van der Waals surface area contributed by atoms with E-state index in [1.807, 2.05) is 6.07 Å². The summed E-state index contributed by atoms with van der Waals surface area (Å²) in [4.78, 5) is 11.1. The summed E-state index contributed by atoms with van der Waals surface area (Å²) in [5, 5.41) is 12.8. The van der Waals surface area contributed by atoms with Crippen LogP contribution < -0.4 is 15.0 Å². The minimum absolute atomic E-state index is 0.0323. The highest BCUT2D eigenvalue weighted by Crippen LogP contribution is 2.33. The van der Waals surface area contributed by atoms with Gasteiger partial charge in [-0.15, -0.1) is 8.78 Å². The number of halogens is 3. The lowest BCUT2D eigenvalue weighted by Gasteiger charge is -2.21. The molecule has 0 unspecified atom stereocenters.